The summed E-state index contributed by atoms with van der Waals surface area (Å²) in [5.74, 6) is 4.67. The summed E-state index contributed by atoms with van der Waals surface area (Å²) in [6.07, 6.45) is 4.13. The van der Waals surface area contributed by atoms with Crippen molar-refractivity contribution in [3.63, 3.8) is 0 Å². The molecule has 0 radical (unpaired) electrons. The van der Waals surface area contributed by atoms with Crippen LogP contribution in [-0.2, 0) is 6.54 Å². The van der Waals surface area contributed by atoms with E-state index in [1.54, 1.807) is 6.20 Å². The van der Waals surface area contributed by atoms with Crippen LogP contribution in [0.15, 0.2) is 10.6 Å². The fourth-order valence-corrected chi connectivity index (χ4v) is 2.66. The summed E-state index contributed by atoms with van der Waals surface area (Å²) in [6, 6.07) is 0. The number of thioether (sulfide) groups is 1. The highest BCUT2D eigenvalue weighted by molar-refractivity contribution is 7.99. The van der Waals surface area contributed by atoms with E-state index in [1.807, 2.05) is 11.8 Å². The molecule has 3 nitrogen and oxygen atoms in total. The smallest absolute Gasteiger partial charge is 0.197 e. The van der Waals surface area contributed by atoms with E-state index in [2.05, 4.69) is 4.98 Å². The van der Waals surface area contributed by atoms with Crippen molar-refractivity contribution in [1.29, 1.82) is 0 Å². The summed E-state index contributed by atoms with van der Waals surface area (Å²) >= 11 is 2.01. The van der Waals surface area contributed by atoms with Crippen LogP contribution in [0.3, 0.4) is 0 Å². The maximum Gasteiger partial charge on any atom is 0.197 e. The summed E-state index contributed by atoms with van der Waals surface area (Å²) in [5.41, 5.74) is 5.45. The molecule has 0 amide bonds. The molecule has 0 atom stereocenters. The first-order valence-electron chi connectivity index (χ1n) is 4.62. The zero-order valence-corrected chi connectivity index (χ0v) is 8.35. The molecule has 0 aliphatic carbocycles. The molecule has 13 heavy (non-hydrogen) atoms. The Morgan fingerprint density at radius 3 is 2.92 bits per heavy atom. The van der Waals surface area contributed by atoms with Crippen molar-refractivity contribution in [2.45, 2.75) is 25.3 Å². The highest BCUT2D eigenvalue weighted by atomic mass is 32.2. The zero-order valence-electron chi connectivity index (χ0n) is 7.53. The Kier molecular flexibility index (Phi) is 2.90. The van der Waals surface area contributed by atoms with Gasteiger partial charge in [-0.3, -0.25) is 0 Å². The Labute approximate surface area is 82.1 Å². The fraction of sp³-hybridized carbons (Fsp3) is 0.667. The second-order valence-electron chi connectivity index (χ2n) is 3.26. The molecule has 0 saturated carbocycles. The summed E-state index contributed by atoms with van der Waals surface area (Å²) in [6.45, 7) is 0.453. The molecule has 0 aromatic carbocycles. The Bertz CT molecular complexity index is 268. The van der Waals surface area contributed by atoms with E-state index in [4.69, 9.17) is 10.2 Å². The monoisotopic (exact) mass is 198 g/mol. The molecule has 1 aliphatic rings. The van der Waals surface area contributed by atoms with Crippen LogP contribution in [0.5, 0.6) is 0 Å². The Morgan fingerprint density at radius 2 is 2.31 bits per heavy atom. The third-order valence-corrected chi connectivity index (χ3v) is 3.39. The van der Waals surface area contributed by atoms with Crippen LogP contribution < -0.4 is 5.73 Å². The number of oxazole rings is 1. The van der Waals surface area contributed by atoms with Gasteiger partial charge in [0.25, 0.3) is 0 Å². The van der Waals surface area contributed by atoms with Gasteiger partial charge in [-0.1, -0.05) is 0 Å². The van der Waals surface area contributed by atoms with Gasteiger partial charge in [0.05, 0.1) is 12.7 Å². The molecule has 2 rings (SSSR count). The van der Waals surface area contributed by atoms with Gasteiger partial charge in [-0.2, -0.15) is 11.8 Å². The third kappa shape index (κ3) is 2.06. The van der Waals surface area contributed by atoms with Crippen LogP contribution in [0.2, 0.25) is 0 Å². The first-order valence-corrected chi connectivity index (χ1v) is 5.78. The van der Waals surface area contributed by atoms with Gasteiger partial charge in [0.2, 0.25) is 0 Å². The van der Waals surface area contributed by atoms with Gasteiger partial charge in [0, 0.05) is 5.92 Å². The van der Waals surface area contributed by atoms with Crippen LogP contribution in [0.25, 0.3) is 0 Å². The van der Waals surface area contributed by atoms with Crippen molar-refractivity contribution < 1.29 is 4.42 Å². The summed E-state index contributed by atoms with van der Waals surface area (Å²) < 4.78 is 5.53. The molecule has 1 aromatic rings. The van der Waals surface area contributed by atoms with Crippen LogP contribution in [-0.4, -0.2) is 16.5 Å². The molecule has 0 spiro atoms. The van der Waals surface area contributed by atoms with Crippen LogP contribution >= 0.6 is 11.8 Å². The van der Waals surface area contributed by atoms with E-state index in [0.29, 0.717) is 12.5 Å². The van der Waals surface area contributed by atoms with Crippen LogP contribution in [0.1, 0.15) is 30.4 Å². The van der Waals surface area contributed by atoms with Crippen molar-refractivity contribution >= 4 is 11.8 Å². The Hall–Kier alpha value is -0.480. The van der Waals surface area contributed by atoms with Gasteiger partial charge >= 0.3 is 0 Å². The van der Waals surface area contributed by atoms with Gasteiger partial charge in [0.1, 0.15) is 5.76 Å². The predicted octanol–water partition coefficient (Wildman–Crippen LogP) is 1.74. The normalized spacial score (nSPS) is 19.2. The molecule has 4 heteroatoms. The number of hydrogen-bond acceptors (Lipinski definition) is 4. The molecule has 0 unspecified atom stereocenters. The van der Waals surface area contributed by atoms with Crippen molar-refractivity contribution in [2.24, 2.45) is 5.73 Å². The van der Waals surface area contributed by atoms with Gasteiger partial charge in [-0.05, 0) is 24.3 Å². The van der Waals surface area contributed by atoms with E-state index < -0.39 is 0 Å². The maximum atomic E-state index is 5.53. The lowest BCUT2D eigenvalue weighted by Crippen LogP contribution is -2.07. The summed E-state index contributed by atoms with van der Waals surface area (Å²) in [7, 11) is 0. The van der Waals surface area contributed by atoms with E-state index in [1.165, 1.54) is 24.3 Å². The van der Waals surface area contributed by atoms with Gasteiger partial charge in [0.15, 0.2) is 5.89 Å². The first-order chi connectivity index (χ1) is 6.40. The minimum atomic E-state index is 0.453. The number of nitrogens with zero attached hydrogens (tertiary/aromatic N) is 1. The first kappa shape index (κ1) is 9.09. The number of hydrogen-bond donors (Lipinski definition) is 1. The molecule has 0 bridgehead atoms. The second-order valence-corrected chi connectivity index (χ2v) is 4.48. The molecule has 1 aliphatic heterocycles. The summed E-state index contributed by atoms with van der Waals surface area (Å²) in [4.78, 5) is 4.25. The Morgan fingerprint density at radius 1 is 1.54 bits per heavy atom. The highest BCUT2D eigenvalue weighted by Crippen LogP contribution is 2.30. The lowest BCUT2D eigenvalue weighted by Gasteiger charge is -2.17. The quantitative estimate of drug-likeness (QED) is 0.786. The largest absolute Gasteiger partial charge is 0.444 e. The van der Waals surface area contributed by atoms with Gasteiger partial charge in [-0.15, -0.1) is 0 Å². The molecule has 72 valence electrons. The van der Waals surface area contributed by atoms with Crippen molar-refractivity contribution in [3.8, 4) is 0 Å². The topological polar surface area (TPSA) is 52.0 Å². The Balaban J connectivity index is 2.05. The third-order valence-electron chi connectivity index (χ3n) is 2.34. The molecule has 1 saturated heterocycles. The van der Waals surface area contributed by atoms with E-state index in [-0.39, 0.29) is 0 Å². The van der Waals surface area contributed by atoms with Crippen LogP contribution in [0.4, 0.5) is 0 Å². The second kappa shape index (κ2) is 4.15. The predicted molar refractivity (Wildman–Crippen MR) is 53.7 cm³/mol. The minimum Gasteiger partial charge on any atom is -0.444 e. The standard InChI is InChI=1S/C9H14N2OS/c10-5-8-6-11-9(12-8)7-1-3-13-4-2-7/h6-7H,1-5,10H2. The average molecular weight is 198 g/mol. The lowest BCUT2D eigenvalue weighted by atomic mass is 10.0. The molecule has 1 fully saturated rings. The number of nitrogens with two attached hydrogens (primary N) is 1. The lowest BCUT2D eigenvalue weighted by molar-refractivity contribution is 0.406. The molecular formula is C9H14N2OS. The van der Waals surface area contributed by atoms with E-state index in [0.717, 1.165) is 11.7 Å². The van der Waals surface area contributed by atoms with Gasteiger partial charge in [-0.25, -0.2) is 4.98 Å². The maximum absolute atomic E-state index is 5.53. The molecule has 2 heterocycles. The minimum absolute atomic E-state index is 0.453. The molecular weight excluding hydrogens is 184 g/mol. The van der Waals surface area contributed by atoms with Crippen molar-refractivity contribution in [3.05, 3.63) is 17.8 Å². The highest BCUT2D eigenvalue weighted by Gasteiger charge is 2.20. The summed E-state index contributed by atoms with van der Waals surface area (Å²) in [5, 5.41) is 0. The zero-order chi connectivity index (χ0) is 9.10. The van der Waals surface area contributed by atoms with Gasteiger partial charge < -0.3 is 10.2 Å². The number of rotatable bonds is 2. The molecule has 2 N–H and O–H groups in total. The number of aromatic nitrogens is 1. The van der Waals surface area contributed by atoms with E-state index >= 15 is 0 Å². The fourth-order valence-electron chi connectivity index (χ4n) is 1.55. The average Bonchev–Trinajstić information content (AvgIpc) is 2.67. The van der Waals surface area contributed by atoms with Crippen molar-refractivity contribution in [2.75, 3.05) is 11.5 Å². The van der Waals surface area contributed by atoms with Crippen molar-refractivity contribution in [1.82, 2.24) is 4.98 Å². The SMILES string of the molecule is NCc1cnc(C2CCSCC2)o1. The van der Waals surface area contributed by atoms with E-state index in [9.17, 15) is 0 Å². The molecule has 1 aromatic heterocycles. The van der Waals surface area contributed by atoms with Crippen LogP contribution in [0, 0.1) is 0 Å².